The minimum absolute atomic E-state index is 0.00114. The number of aryl methyl sites for hydroxylation is 1. The van der Waals surface area contributed by atoms with Crippen LogP contribution in [0.5, 0.6) is 0 Å². The van der Waals surface area contributed by atoms with Crippen LogP contribution in [0.1, 0.15) is 31.2 Å². The number of carbonyl (C=O) groups is 2. The third-order valence-electron chi connectivity index (χ3n) is 5.09. The van der Waals surface area contributed by atoms with Gasteiger partial charge < -0.3 is 25.8 Å². The molecule has 0 unspecified atom stereocenters. The summed E-state index contributed by atoms with van der Waals surface area (Å²) in [6, 6.07) is 9.90. The van der Waals surface area contributed by atoms with Crippen molar-refractivity contribution in [2.45, 2.75) is 44.0 Å². The minimum Gasteiger partial charge on any atom is -0.480 e. The molecule has 7 nitrogen and oxygen atoms in total. The molecule has 1 aliphatic rings. The molecule has 2 atom stereocenters. The Balaban J connectivity index is 1.88. The molecule has 8 heteroatoms. The molecule has 1 amide bonds. The standard InChI is InChI=1S/C18H27BN2O5/c20-18(17(23)24)13-21(12-15(18)9-5-11-19(25)26)16(22)10-4-8-14-6-2-1-3-7-14/h1-3,6-7,15,25-26H,4-5,8-13,20H2,(H,23,24)/t15-,18-/m0/s1. The van der Waals surface area contributed by atoms with Crippen LogP contribution in [0.4, 0.5) is 0 Å². The number of amides is 1. The molecular formula is C18H27BN2O5. The van der Waals surface area contributed by atoms with Gasteiger partial charge in [-0.25, -0.2) is 0 Å². The summed E-state index contributed by atoms with van der Waals surface area (Å²) in [7, 11) is -1.41. The van der Waals surface area contributed by atoms with Crippen LogP contribution in [-0.2, 0) is 16.0 Å². The van der Waals surface area contributed by atoms with E-state index >= 15 is 0 Å². The fourth-order valence-electron chi connectivity index (χ4n) is 3.51. The van der Waals surface area contributed by atoms with Gasteiger partial charge in [-0.3, -0.25) is 9.59 Å². The molecule has 0 saturated carbocycles. The Kier molecular flexibility index (Phi) is 7.19. The van der Waals surface area contributed by atoms with E-state index in [0.29, 0.717) is 32.2 Å². The summed E-state index contributed by atoms with van der Waals surface area (Å²) < 4.78 is 0. The Bertz CT molecular complexity index is 613. The van der Waals surface area contributed by atoms with Crippen LogP contribution in [0, 0.1) is 5.92 Å². The molecule has 0 radical (unpaired) electrons. The van der Waals surface area contributed by atoms with E-state index in [1.807, 2.05) is 30.3 Å². The number of hydrogen-bond donors (Lipinski definition) is 4. The first kappa shape index (κ1) is 20.4. The van der Waals surface area contributed by atoms with Gasteiger partial charge >= 0.3 is 13.1 Å². The Morgan fingerprint density at radius 2 is 1.92 bits per heavy atom. The van der Waals surface area contributed by atoms with Gasteiger partial charge in [0.1, 0.15) is 5.54 Å². The Morgan fingerprint density at radius 3 is 2.54 bits per heavy atom. The second kappa shape index (κ2) is 9.16. The Hall–Kier alpha value is -1.90. The zero-order valence-electron chi connectivity index (χ0n) is 14.9. The lowest BCUT2D eigenvalue weighted by Crippen LogP contribution is -2.55. The third-order valence-corrected chi connectivity index (χ3v) is 5.09. The van der Waals surface area contributed by atoms with Crippen LogP contribution in [0.15, 0.2) is 30.3 Å². The highest BCUT2D eigenvalue weighted by atomic mass is 16.4. The molecule has 0 aromatic heterocycles. The molecular weight excluding hydrogens is 335 g/mol. The SMILES string of the molecule is N[C@@]1(C(=O)O)CN(C(=O)CCCc2ccccc2)C[C@@H]1CCCB(O)O. The molecule has 1 heterocycles. The number of nitrogens with zero attached hydrogens (tertiary/aromatic N) is 1. The van der Waals surface area contributed by atoms with Gasteiger partial charge in [-0.1, -0.05) is 36.8 Å². The molecule has 0 bridgehead atoms. The molecule has 26 heavy (non-hydrogen) atoms. The number of aliphatic carboxylic acids is 1. The van der Waals surface area contributed by atoms with Gasteiger partial charge in [0.15, 0.2) is 0 Å². The molecule has 1 aliphatic heterocycles. The van der Waals surface area contributed by atoms with E-state index in [2.05, 4.69) is 0 Å². The van der Waals surface area contributed by atoms with Crippen LogP contribution >= 0.6 is 0 Å². The minimum atomic E-state index is -1.48. The van der Waals surface area contributed by atoms with Crippen molar-refractivity contribution in [2.24, 2.45) is 11.7 Å². The average Bonchev–Trinajstić information content (AvgIpc) is 2.94. The zero-order valence-corrected chi connectivity index (χ0v) is 14.9. The summed E-state index contributed by atoms with van der Waals surface area (Å²) in [5.41, 5.74) is 5.78. The maximum absolute atomic E-state index is 12.5. The molecule has 142 valence electrons. The third kappa shape index (κ3) is 5.30. The largest absolute Gasteiger partial charge is 0.480 e. The summed E-state index contributed by atoms with van der Waals surface area (Å²) in [4.78, 5) is 25.6. The van der Waals surface area contributed by atoms with Crippen LogP contribution in [-0.4, -0.2) is 57.7 Å². The number of nitrogens with two attached hydrogens (primary N) is 1. The van der Waals surface area contributed by atoms with E-state index in [4.69, 9.17) is 15.8 Å². The quantitative estimate of drug-likeness (QED) is 0.475. The number of carboxylic acid groups (broad SMARTS) is 1. The van der Waals surface area contributed by atoms with Crippen LogP contribution < -0.4 is 5.73 Å². The van der Waals surface area contributed by atoms with Crippen molar-refractivity contribution in [1.29, 1.82) is 0 Å². The number of carbonyl (C=O) groups excluding carboxylic acids is 1. The molecule has 5 N–H and O–H groups in total. The smallest absolute Gasteiger partial charge is 0.451 e. The number of carboxylic acids is 1. The first-order valence-corrected chi connectivity index (χ1v) is 9.03. The van der Waals surface area contributed by atoms with Crippen molar-refractivity contribution in [2.75, 3.05) is 13.1 Å². The van der Waals surface area contributed by atoms with Crippen molar-refractivity contribution < 1.29 is 24.7 Å². The maximum atomic E-state index is 12.5. The molecule has 0 aliphatic carbocycles. The number of hydrogen-bond acceptors (Lipinski definition) is 5. The second-order valence-corrected chi connectivity index (χ2v) is 7.07. The molecule has 2 rings (SSSR count). The number of rotatable bonds is 9. The van der Waals surface area contributed by atoms with Gasteiger partial charge in [0.05, 0.1) is 0 Å². The highest BCUT2D eigenvalue weighted by molar-refractivity contribution is 6.40. The van der Waals surface area contributed by atoms with E-state index in [-0.39, 0.29) is 18.8 Å². The van der Waals surface area contributed by atoms with Crippen LogP contribution in [0.25, 0.3) is 0 Å². The molecule has 1 fully saturated rings. The van der Waals surface area contributed by atoms with Crippen molar-refractivity contribution in [1.82, 2.24) is 4.90 Å². The lowest BCUT2D eigenvalue weighted by atomic mass is 9.78. The molecule has 1 aromatic carbocycles. The maximum Gasteiger partial charge on any atom is 0.451 e. The summed E-state index contributed by atoms with van der Waals surface area (Å²) >= 11 is 0. The van der Waals surface area contributed by atoms with Crippen molar-refractivity contribution in [3.63, 3.8) is 0 Å². The average molecular weight is 362 g/mol. The van der Waals surface area contributed by atoms with Gasteiger partial charge in [-0.05, 0) is 31.1 Å². The summed E-state index contributed by atoms with van der Waals surface area (Å²) in [6.45, 7) is 0.299. The normalized spacial score (nSPS) is 22.4. The predicted octanol–water partition coefficient (Wildman–Crippen LogP) is 0.503. The highest BCUT2D eigenvalue weighted by Gasteiger charge is 2.50. The number of benzene rings is 1. The molecule has 0 spiro atoms. The Labute approximate surface area is 154 Å². The van der Waals surface area contributed by atoms with E-state index in [1.165, 1.54) is 5.56 Å². The first-order valence-electron chi connectivity index (χ1n) is 9.03. The lowest BCUT2D eigenvalue weighted by molar-refractivity contribution is -0.144. The van der Waals surface area contributed by atoms with E-state index < -0.39 is 24.5 Å². The van der Waals surface area contributed by atoms with Crippen molar-refractivity contribution in [3.05, 3.63) is 35.9 Å². The molecule has 1 aromatic rings. The van der Waals surface area contributed by atoms with E-state index in [0.717, 1.165) is 6.42 Å². The summed E-state index contributed by atoms with van der Waals surface area (Å²) in [5.74, 6) is -1.59. The predicted molar refractivity (Wildman–Crippen MR) is 98.2 cm³/mol. The Morgan fingerprint density at radius 1 is 1.23 bits per heavy atom. The highest BCUT2D eigenvalue weighted by Crippen LogP contribution is 2.31. The van der Waals surface area contributed by atoms with Gasteiger partial charge in [-0.15, -0.1) is 0 Å². The van der Waals surface area contributed by atoms with Gasteiger partial charge in [-0.2, -0.15) is 0 Å². The monoisotopic (exact) mass is 362 g/mol. The first-order chi connectivity index (χ1) is 12.3. The van der Waals surface area contributed by atoms with E-state index in [9.17, 15) is 14.7 Å². The zero-order chi connectivity index (χ0) is 19.2. The van der Waals surface area contributed by atoms with Crippen LogP contribution in [0.3, 0.4) is 0 Å². The summed E-state index contributed by atoms with van der Waals surface area (Å²) in [6.07, 6.45) is 2.90. The fraction of sp³-hybridized carbons (Fsp3) is 0.556. The van der Waals surface area contributed by atoms with E-state index in [1.54, 1.807) is 4.90 Å². The number of likely N-dealkylation sites (tertiary alicyclic amines) is 1. The van der Waals surface area contributed by atoms with Gasteiger partial charge in [0, 0.05) is 25.4 Å². The van der Waals surface area contributed by atoms with Crippen molar-refractivity contribution in [3.8, 4) is 0 Å². The van der Waals surface area contributed by atoms with Crippen LogP contribution in [0.2, 0.25) is 6.32 Å². The topological polar surface area (TPSA) is 124 Å². The van der Waals surface area contributed by atoms with Crippen molar-refractivity contribution >= 4 is 19.0 Å². The fourth-order valence-corrected chi connectivity index (χ4v) is 3.51. The lowest BCUT2D eigenvalue weighted by Gasteiger charge is -2.25. The molecule has 1 saturated heterocycles. The van der Waals surface area contributed by atoms with Gasteiger partial charge in [0.2, 0.25) is 5.91 Å². The van der Waals surface area contributed by atoms with Gasteiger partial charge in [0.25, 0.3) is 0 Å². The second-order valence-electron chi connectivity index (χ2n) is 7.07. The summed E-state index contributed by atoms with van der Waals surface area (Å²) in [5, 5.41) is 27.4.